The number of rotatable bonds is 2. The van der Waals surface area contributed by atoms with E-state index in [1.54, 1.807) is 16.6 Å². The summed E-state index contributed by atoms with van der Waals surface area (Å²) in [6.07, 6.45) is 3.19. The predicted molar refractivity (Wildman–Crippen MR) is 58.5 cm³/mol. The average molecular weight is 239 g/mol. The first-order valence-electron chi connectivity index (χ1n) is 5.31. The van der Waals surface area contributed by atoms with E-state index in [0.29, 0.717) is 5.15 Å². The summed E-state index contributed by atoms with van der Waals surface area (Å²) < 4.78 is 7.25. The summed E-state index contributed by atoms with van der Waals surface area (Å²) in [6, 6.07) is 3.52. The fourth-order valence-corrected chi connectivity index (χ4v) is 2.09. The minimum Gasteiger partial charge on any atom is -0.378 e. The van der Waals surface area contributed by atoms with Gasteiger partial charge in [-0.05, 0) is 25.0 Å². The van der Waals surface area contributed by atoms with E-state index in [-0.39, 0.29) is 6.10 Å². The molecular weight excluding hydrogens is 228 g/mol. The molecule has 16 heavy (non-hydrogen) atoms. The zero-order chi connectivity index (χ0) is 11.0. The van der Waals surface area contributed by atoms with E-state index in [4.69, 9.17) is 16.3 Å². The summed E-state index contributed by atoms with van der Waals surface area (Å²) in [7, 11) is 0. The van der Waals surface area contributed by atoms with Crippen molar-refractivity contribution in [3.8, 4) is 0 Å². The van der Waals surface area contributed by atoms with Gasteiger partial charge in [0.05, 0.1) is 6.10 Å². The molecule has 1 atom stereocenters. The van der Waals surface area contributed by atoms with Crippen LogP contribution in [0.4, 0.5) is 0 Å². The van der Waals surface area contributed by atoms with Gasteiger partial charge in [0.1, 0.15) is 5.15 Å². The molecule has 1 fully saturated rings. The Balaban J connectivity index is 1.93. The highest BCUT2D eigenvalue weighted by Crippen LogP contribution is 2.16. The van der Waals surface area contributed by atoms with Crippen LogP contribution in [-0.4, -0.2) is 32.5 Å². The van der Waals surface area contributed by atoms with E-state index in [0.717, 1.165) is 37.3 Å². The van der Waals surface area contributed by atoms with Crippen LogP contribution in [0.2, 0.25) is 5.15 Å². The molecule has 6 heteroatoms. The Bertz CT molecular complexity index is 506. The van der Waals surface area contributed by atoms with Gasteiger partial charge in [0.15, 0.2) is 11.5 Å². The number of nitrogens with zero attached hydrogens (tertiary/aromatic N) is 4. The molecule has 0 aliphatic carbocycles. The second-order valence-corrected chi connectivity index (χ2v) is 4.27. The van der Waals surface area contributed by atoms with Crippen molar-refractivity contribution in [2.75, 3.05) is 6.61 Å². The van der Waals surface area contributed by atoms with Crippen LogP contribution < -0.4 is 0 Å². The molecule has 2 aromatic heterocycles. The maximum Gasteiger partial charge on any atom is 0.178 e. The Morgan fingerprint density at radius 1 is 1.44 bits per heavy atom. The van der Waals surface area contributed by atoms with Crippen molar-refractivity contribution in [3.05, 3.63) is 23.1 Å². The Morgan fingerprint density at radius 2 is 2.38 bits per heavy atom. The zero-order valence-corrected chi connectivity index (χ0v) is 9.39. The molecule has 3 heterocycles. The lowest BCUT2D eigenvalue weighted by atomic mass is 10.2. The predicted octanol–water partition coefficient (Wildman–Crippen LogP) is 1.50. The van der Waals surface area contributed by atoms with Crippen LogP contribution in [0.3, 0.4) is 0 Å². The first kappa shape index (κ1) is 9.99. The number of fused-ring (bicyclic) bond motifs is 1. The lowest BCUT2D eigenvalue weighted by Gasteiger charge is -2.06. The molecule has 1 aliphatic rings. The minimum absolute atomic E-state index is 0.244. The van der Waals surface area contributed by atoms with E-state index in [1.165, 1.54) is 0 Å². The van der Waals surface area contributed by atoms with E-state index in [9.17, 15) is 0 Å². The summed E-state index contributed by atoms with van der Waals surface area (Å²) in [5.41, 5.74) is 0.720. The largest absolute Gasteiger partial charge is 0.378 e. The SMILES string of the molecule is Clc1ccc2nnc(CC3CCCO3)n2n1. The maximum atomic E-state index is 5.85. The van der Waals surface area contributed by atoms with Gasteiger partial charge in [-0.1, -0.05) is 11.6 Å². The first-order chi connectivity index (χ1) is 7.83. The van der Waals surface area contributed by atoms with Gasteiger partial charge < -0.3 is 4.74 Å². The van der Waals surface area contributed by atoms with Gasteiger partial charge in [0, 0.05) is 13.0 Å². The van der Waals surface area contributed by atoms with Crippen LogP contribution in [0.25, 0.3) is 5.65 Å². The lowest BCUT2D eigenvalue weighted by Crippen LogP contribution is -2.12. The summed E-state index contributed by atoms with van der Waals surface area (Å²) in [6.45, 7) is 0.843. The number of aromatic nitrogens is 4. The third-order valence-electron chi connectivity index (χ3n) is 2.73. The van der Waals surface area contributed by atoms with Crippen molar-refractivity contribution in [1.29, 1.82) is 0 Å². The van der Waals surface area contributed by atoms with Gasteiger partial charge in [-0.3, -0.25) is 0 Å². The first-order valence-corrected chi connectivity index (χ1v) is 5.69. The summed E-state index contributed by atoms with van der Waals surface area (Å²) >= 11 is 5.85. The molecule has 0 saturated carbocycles. The standard InChI is InChI=1S/C10H11ClN4O/c11-8-3-4-9-12-13-10(15(9)14-8)6-7-2-1-5-16-7/h3-4,7H,1-2,5-6H2. The van der Waals surface area contributed by atoms with Crippen molar-refractivity contribution in [2.45, 2.75) is 25.4 Å². The van der Waals surface area contributed by atoms with Crippen molar-refractivity contribution >= 4 is 17.2 Å². The second-order valence-electron chi connectivity index (χ2n) is 3.88. The highest BCUT2D eigenvalue weighted by Gasteiger charge is 2.19. The molecular formula is C10H11ClN4O. The lowest BCUT2D eigenvalue weighted by molar-refractivity contribution is 0.109. The molecule has 1 aliphatic heterocycles. The van der Waals surface area contributed by atoms with Crippen LogP contribution in [-0.2, 0) is 11.2 Å². The molecule has 1 saturated heterocycles. The molecule has 2 aromatic rings. The second kappa shape index (κ2) is 3.99. The van der Waals surface area contributed by atoms with Gasteiger partial charge in [0.2, 0.25) is 0 Å². The van der Waals surface area contributed by atoms with Gasteiger partial charge in [0.25, 0.3) is 0 Å². The Kier molecular flexibility index (Phi) is 2.49. The molecule has 1 unspecified atom stereocenters. The van der Waals surface area contributed by atoms with Crippen molar-refractivity contribution in [1.82, 2.24) is 19.8 Å². The number of hydrogen-bond donors (Lipinski definition) is 0. The Labute approximate surface area is 97.4 Å². The normalized spacial score (nSPS) is 20.7. The highest BCUT2D eigenvalue weighted by atomic mass is 35.5. The molecule has 0 aromatic carbocycles. The fourth-order valence-electron chi connectivity index (χ4n) is 1.95. The Morgan fingerprint density at radius 3 is 3.19 bits per heavy atom. The maximum absolute atomic E-state index is 5.85. The monoisotopic (exact) mass is 238 g/mol. The van der Waals surface area contributed by atoms with Crippen LogP contribution in [0, 0.1) is 0 Å². The smallest absolute Gasteiger partial charge is 0.178 e. The van der Waals surface area contributed by atoms with Crippen LogP contribution >= 0.6 is 11.6 Å². The number of hydrogen-bond acceptors (Lipinski definition) is 4. The highest BCUT2D eigenvalue weighted by molar-refractivity contribution is 6.29. The van der Waals surface area contributed by atoms with E-state index in [2.05, 4.69) is 15.3 Å². The van der Waals surface area contributed by atoms with E-state index in [1.807, 2.05) is 0 Å². The molecule has 5 nitrogen and oxygen atoms in total. The zero-order valence-electron chi connectivity index (χ0n) is 8.64. The molecule has 0 radical (unpaired) electrons. The summed E-state index contributed by atoms with van der Waals surface area (Å²) in [4.78, 5) is 0. The van der Waals surface area contributed by atoms with Gasteiger partial charge in [-0.15, -0.1) is 10.2 Å². The van der Waals surface area contributed by atoms with Crippen LogP contribution in [0.15, 0.2) is 12.1 Å². The molecule has 0 amide bonds. The summed E-state index contributed by atoms with van der Waals surface area (Å²) in [5.74, 6) is 0.810. The van der Waals surface area contributed by atoms with Gasteiger partial charge in [-0.25, -0.2) is 0 Å². The minimum atomic E-state index is 0.244. The molecule has 0 N–H and O–H groups in total. The van der Waals surface area contributed by atoms with Crippen LogP contribution in [0.1, 0.15) is 18.7 Å². The van der Waals surface area contributed by atoms with Gasteiger partial charge >= 0.3 is 0 Å². The molecule has 0 spiro atoms. The van der Waals surface area contributed by atoms with Crippen molar-refractivity contribution < 1.29 is 4.74 Å². The Hall–Kier alpha value is -1.20. The average Bonchev–Trinajstić information content (AvgIpc) is 2.90. The molecule has 84 valence electrons. The van der Waals surface area contributed by atoms with E-state index < -0.39 is 0 Å². The number of ether oxygens (including phenoxy) is 1. The van der Waals surface area contributed by atoms with E-state index >= 15 is 0 Å². The van der Waals surface area contributed by atoms with Gasteiger partial charge in [-0.2, -0.15) is 9.61 Å². The van der Waals surface area contributed by atoms with Crippen molar-refractivity contribution in [2.24, 2.45) is 0 Å². The molecule has 0 bridgehead atoms. The number of halogens is 1. The third-order valence-corrected chi connectivity index (χ3v) is 2.93. The van der Waals surface area contributed by atoms with Crippen LogP contribution in [0.5, 0.6) is 0 Å². The van der Waals surface area contributed by atoms with Crippen molar-refractivity contribution in [3.63, 3.8) is 0 Å². The fraction of sp³-hybridized carbons (Fsp3) is 0.500. The topological polar surface area (TPSA) is 52.3 Å². The third kappa shape index (κ3) is 1.76. The summed E-state index contributed by atoms with van der Waals surface area (Å²) in [5, 5.41) is 12.8. The quantitative estimate of drug-likeness (QED) is 0.796. The molecule has 3 rings (SSSR count).